The minimum absolute atomic E-state index is 0.0537. The van der Waals surface area contributed by atoms with Crippen molar-refractivity contribution >= 4 is 16.6 Å². The molecule has 4 rings (SSSR count). The molecular formula is C24H21N5O. The highest BCUT2D eigenvalue weighted by atomic mass is 16.1. The predicted octanol–water partition coefficient (Wildman–Crippen LogP) is 4.26. The van der Waals surface area contributed by atoms with Gasteiger partial charge in [0.2, 0.25) is 0 Å². The summed E-state index contributed by atoms with van der Waals surface area (Å²) in [4.78, 5) is 25.8. The van der Waals surface area contributed by atoms with Crippen LogP contribution in [0, 0.1) is 11.3 Å². The standard InChI is InChI=1S/C24H21N5O/c1-24(2,14-25)23-10-17(6-7-27-23)22(30)11-20-9-19-8-16(4-5-18(19)12-28-20)21-13-26-15-29(21)3/h4-10,12-13,15H,11H2,1-3H3. The van der Waals surface area contributed by atoms with Crippen molar-refractivity contribution in [3.63, 3.8) is 0 Å². The number of carbonyl (C=O) groups excluding carboxylic acids is 1. The number of rotatable bonds is 5. The molecule has 0 aliphatic carbocycles. The zero-order valence-corrected chi connectivity index (χ0v) is 17.1. The van der Waals surface area contributed by atoms with E-state index in [1.165, 1.54) is 0 Å². The third-order valence-corrected chi connectivity index (χ3v) is 5.23. The lowest BCUT2D eigenvalue weighted by Crippen LogP contribution is -2.17. The van der Waals surface area contributed by atoms with Crippen molar-refractivity contribution in [3.05, 3.63) is 78.3 Å². The van der Waals surface area contributed by atoms with Gasteiger partial charge in [0.25, 0.3) is 0 Å². The molecule has 0 aliphatic heterocycles. The predicted molar refractivity (Wildman–Crippen MR) is 115 cm³/mol. The van der Waals surface area contributed by atoms with Gasteiger partial charge in [-0.25, -0.2) is 4.98 Å². The molecule has 0 bridgehead atoms. The van der Waals surface area contributed by atoms with Crippen LogP contribution in [-0.4, -0.2) is 25.3 Å². The number of nitrogens with zero attached hydrogens (tertiary/aromatic N) is 5. The lowest BCUT2D eigenvalue weighted by Gasteiger charge is -2.15. The van der Waals surface area contributed by atoms with E-state index in [0.29, 0.717) is 17.0 Å². The Bertz CT molecular complexity index is 1300. The molecule has 148 valence electrons. The van der Waals surface area contributed by atoms with Gasteiger partial charge in [-0.2, -0.15) is 5.26 Å². The molecule has 0 fully saturated rings. The number of fused-ring (bicyclic) bond motifs is 1. The monoisotopic (exact) mass is 395 g/mol. The van der Waals surface area contributed by atoms with Crippen LogP contribution in [0.1, 0.15) is 35.6 Å². The van der Waals surface area contributed by atoms with Gasteiger partial charge in [-0.1, -0.05) is 12.1 Å². The van der Waals surface area contributed by atoms with Crippen LogP contribution in [0.5, 0.6) is 0 Å². The van der Waals surface area contributed by atoms with Crippen LogP contribution in [0.4, 0.5) is 0 Å². The minimum atomic E-state index is -0.750. The van der Waals surface area contributed by atoms with Crippen LogP contribution in [-0.2, 0) is 18.9 Å². The number of imidazole rings is 1. The van der Waals surface area contributed by atoms with Gasteiger partial charge in [-0.3, -0.25) is 14.8 Å². The SMILES string of the molecule is Cn1cncc1-c1ccc2cnc(CC(=O)c3ccnc(C(C)(C)C#N)c3)cc2c1. The lowest BCUT2D eigenvalue weighted by molar-refractivity contribution is 0.0991. The number of pyridine rings is 2. The fourth-order valence-electron chi connectivity index (χ4n) is 3.35. The second kappa shape index (κ2) is 7.53. The van der Waals surface area contributed by atoms with E-state index in [2.05, 4.69) is 27.1 Å². The first-order chi connectivity index (χ1) is 14.4. The summed E-state index contributed by atoms with van der Waals surface area (Å²) in [5, 5.41) is 11.4. The Balaban J connectivity index is 1.63. The molecule has 0 radical (unpaired) electrons. The average Bonchev–Trinajstić information content (AvgIpc) is 3.19. The normalized spacial score (nSPS) is 11.4. The average molecular weight is 395 g/mol. The topological polar surface area (TPSA) is 84.5 Å². The van der Waals surface area contributed by atoms with E-state index in [1.54, 1.807) is 44.7 Å². The molecular weight excluding hydrogens is 374 g/mol. The highest BCUT2D eigenvalue weighted by Crippen LogP contribution is 2.25. The number of hydrogen-bond acceptors (Lipinski definition) is 5. The zero-order valence-electron chi connectivity index (χ0n) is 17.1. The molecule has 3 aromatic heterocycles. The summed E-state index contributed by atoms with van der Waals surface area (Å²) in [6.07, 6.45) is 7.16. The Hall–Kier alpha value is -3.85. The molecule has 6 nitrogen and oxygen atoms in total. The summed E-state index contributed by atoms with van der Waals surface area (Å²) < 4.78 is 1.97. The summed E-state index contributed by atoms with van der Waals surface area (Å²) >= 11 is 0. The molecule has 4 aromatic rings. The van der Waals surface area contributed by atoms with E-state index in [9.17, 15) is 10.1 Å². The molecule has 6 heteroatoms. The maximum Gasteiger partial charge on any atom is 0.168 e. The van der Waals surface area contributed by atoms with E-state index in [-0.39, 0.29) is 12.2 Å². The van der Waals surface area contributed by atoms with Gasteiger partial charge in [0.05, 0.1) is 41.8 Å². The van der Waals surface area contributed by atoms with E-state index >= 15 is 0 Å². The summed E-state index contributed by atoms with van der Waals surface area (Å²) in [5.74, 6) is -0.0537. The summed E-state index contributed by atoms with van der Waals surface area (Å²) in [5.41, 5.74) is 3.16. The molecule has 0 atom stereocenters. The van der Waals surface area contributed by atoms with Gasteiger partial charge >= 0.3 is 0 Å². The zero-order chi connectivity index (χ0) is 21.3. The quantitative estimate of drug-likeness (QED) is 0.472. The summed E-state index contributed by atoms with van der Waals surface area (Å²) in [6, 6.07) is 13.7. The van der Waals surface area contributed by atoms with E-state index in [4.69, 9.17) is 0 Å². The molecule has 0 saturated heterocycles. The van der Waals surface area contributed by atoms with Gasteiger partial charge in [0.15, 0.2) is 5.78 Å². The van der Waals surface area contributed by atoms with Crippen molar-refractivity contribution in [2.75, 3.05) is 0 Å². The van der Waals surface area contributed by atoms with Crippen molar-refractivity contribution < 1.29 is 4.79 Å². The molecule has 0 aliphatic rings. The van der Waals surface area contributed by atoms with Gasteiger partial charge in [0, 0.05) is 41.6 Å². The highest BCUT2D eigenvalue weighted by molar-refractivity contribution is 5.98. The molecule has 0 saturated carbocycles. The van der Waals surface area contributed by atoms with Crippen molar-refractivity contribution in [1.29, 1.82) is 5.26 Å². The molecule has 30 heavy (non-hydrogen) atoms. The van der Waals surface area contributed by atoms with Gasteiger partial charge in [-0.15, -0.1) is 0 Å². The largest absolute Gasteiger partial charge is 0.334 e. The Morgan fingerprint density at radius 3 is 2.67 bits per heavy atom. The second-order valence-electron chi connectivity index (χ2n) is 7.89. The van der Waals surface area contributed by atoms with Crippen LogP contribution in [0.2, 0.25) is 0 Å². The van der Waals surface area contributed by atoms with Crippen LogP contribution >= 0.6 is 0 Å². The summed E-state index contributed by atoms with van der Waals surface area (Å²) in [7, 11) is 1.96. The molecule has 1 aromatic carbocycles. The van der Waals surface area contributed by atoms with E-state index in [0.717, 1.165) is 22.0 Å². The third-order valence-electron chi connectivity index (χ3n) is 5.23. The number of Topliss-reactive ketones (excluding diaryl/α,β-unsaturated/α-hetero) is 1. The number of benzene rings is 1. The molecule has 3 heterocycles. The van der Waals surface area contributed by atoms with Crippen LogP contribution < -0.4 is 0 Å². The summed E-state index contributed by atoms with van der Waals surface area (Å²) in [6.45, 7) is 3.57. The number of ketones is 1. The fraction of sp³-hybridized carbons (Fsp3) is 0.208. The lowest BCUT2D eigenvalue weighted by atomic mass is 9.89. The van der Waals surface area contributed by atoms with Crippen LogP contribution in [0.15, 0.2) is 61.3 Å². The first kappa shape index (κ1) is 19.5. The second-order valence-corrected chi connectivity index (χ2v) is 7.89. The van der Waals surface area contributed by atoms with Crippen molar-refractivity contribution in [1.82, 2.24) is 19.5 Å². The van der Waals surface area contributed by atoms with Crippen molar-refractivity contribution in [2.24, 2.45) is 7.05 Å². The van der Waals surface area contributed by atoms with E-state index < -0.39 is 5.41 Å². The number of aryl methyl sites for hydroxylation is 1. The number of hydrogen-bond donors (Lipinski definition) is 0. The minimum Gasteiger partial charge on any atom is -0.334 e. The number of nitriles is 1. The first-order valence-electron chi connectivity index (χ1n) is 9.64. The van der Waals surface area contributed by atoms with Gasteiger partial charge < -0.3 is 4.57 Å². The smallest absolute Gasteiger partial charge is 0.168 e. The molecule has 0 unspecified atom stereocenters. The first-order valence-corrected chi connectivity index (χ1v) is 9.64. The van der Waals surface area contributed by atoms with Gasteiger partial charge in [0.1, 0.15) is 0 Å². The van der Waals surface area contributed by atoms with Crippen LogP contribution in [0.25, 0.3) is 22.0 Å². The maximum atomic E-state index is 12.9. The van der Waals surface area contributed by atoms with Gasteiger partial charge in [-0.05, 0) is 43.5 Å². The Labute approximate surface area is 174 Å². The Morgan fingerprint density at radius 1 is 1.10 bits per heavy atom. The third kappa shape index (κ3) is 3.70. The maximum absolute atomic E-state index is 12.9. The Morgan fingerprint density at radius 2 is 1.93 bits per heavy atom. The van der Waals surface area contributed by atoms with Crippen LogP contribution in [0.3, 0.4) is 0 Å². The highest BCUT2D eigenvalue weighted by Gasteiger charge is 2.22. The van der Waals surface area contributed by atoms with Crippen molar-refractivity contribution in [2.45, 2.75) is 25.7 Å². The molecule has 0 N–H and O–H groups in total. The molecule has 0 spiro atoms. The number of carbonyl (C=O) groups is 1. The molecule has 0 amide bonds. The van der Waals surface area contributed by atoms with Crippen molar-refractivity contribution in [3.8, 4) is 17.3 Å². The number of aromatic nitrogens is 4. The fourth-order valence-corrected chi connectivity index (χ4v) is 3.35. The Kier molecular flexibility index (Phi) is 4.88. The van der Waals surface area contributed by atoms with E-state index in [1.807, 2.05) is 36.0 Å².